The van der Waals surface area contributed by atoms with E-state index in [4.69, 9.17) is 0 Å². The summed E-state index contributed by atoms with van der Waals surface area (Å²) in [5, 5.41) is 0. The topological polar surface area (TPSA) is 6.25 Å². The fourth-order valence-electron chi connectivity index (χ4n) is 2.57. The minimum atomic E-state index is 0. The summed E-state index contributed by atoms with van der Waals surface area (Å²) in [5.41, 5.74) is 3.55. The van der Waals surface area contributed by atoms with Crippen LogP contribution >= 0.6 is 0 Å². The van der Waals surface area contributed by atoms with Crippen molar-refractivity contribution in [2.24, 2.45) is 0 Å². The molecule has 1 aromatic rings. The van der Waals surface area contributed by atoms with Crippen LogP contribution < -0.4 is 0 Å². The van der Waals surface area contributed by atoms with Gasteiger partial charge in [-0.3, -0.25) is 5.70 Å². The van der Waals surface area contributed by atoms with E-state index in [1.165, 1.54) is 5.56 Å². The van der Waals surface area contributed by atoms with Gasteiger partial charge in [-0.2, -0.15) is 42.5 Å². The summed E-state index contributed by atoms with van der Waals surface area (Å²) >= 11 is 0. The second kappa shape index (κ2) is 20.1. The van der Waals surface area contributed by atoms with E-state index in [1.807, 2.05) is 86.5 Å². The van der Waals surface area contributed by atoms with Gasteiger partial charge in [0.05, 0.1) is 0 Å². The summed E-state index contributed by atoms with van der Waals surface area (Å²) in [5.74, 6) is 0. The van der Waals surface area contributed by atoms with Crippen LogP contribution in [0.5, 0.6) is 0 Å². The molecule has 2 nitrogen and oxygen atoms in total. The smallest absolute Gasteiger partial charge is 0.123 e. The molecule has 0 spiro atoms. The molecule has 2 rings (SSSR count). The molecule has 0 amide bonds. The van der Waals surface area contributed by atoms with Crippen molar-refractivity contribution in [3.63, 3.8) is 0 Å². The van der Waals surface area contributed by atoms with Crippen molar-refractivity contribution < 1.29 is 103 Å². The molecule has 0 atom stereocenters. The average Bonchev–Trinajstić information content (AvgIpc) is 2.71. The first-order valence-corrected chi connectivity index (χ1v) is 9.25. The Hall–Kier alpha value is 0.442. The molecule has 1 aliphatic rings. The monoisotopic (exact) mass is 622 g/mol. The van der Waals surface area contributed by atoms with Crippen molar-refractivity contribution in [3.05, 3.63) is 102 Å². The standard InChI is InChI=1S/C25H27N2.3Y/c1-4-23(2)26(3)20-14-10-8-6-5-7-9-11-15-21-27-22-16-18-24-17-12-13-19-25(24)27;;;/h5-15,17H,16,18,22H2,1-3H3;;;/q-3;;;/b6-5+,9-7+,10-8+,15-11+;;;. The van der Waals surface area contributed by atoms with Crippen molar-refractivity contribution >= 4 is 11.9 Å². The fourth-order valence-corrected chi connectivity index (χ4v) is 2.57. The van der Waals surface area contributed by atoms with Gasteiger partial charge >= 0.3 is 0 Å². The summed E-state index contributed by atoms with van der Waals surface area (Å²) in [4.78, 5) is 1.91. The van der Waals surface area contributed by atoms with Crippen LogP contribution in [0.25, 0.3) is 0 Å². The molecule has 0 aromatic heterocycles. The van der Waals surface area contributed by atoms with Crippen LogP contribution in [0, 0.1) is 18.3 Å². The van der Waals surface area contributed by atoms with Crippen molar-refractivity contribution in [2.75, 3.05) is 13.6 Å². The number of fused-ring (bicyclic) bond motifs is 1. The van der Waals surface area contributed by atoms with Gasteiger partial charge in [0.25, 0.3) is 0 Å². The molecule has 30 heavy (non-hydrogen) atoms. The molecule has 0 fully saturated rings. The molecule has 0 N–H and O–H groups in total. The first-order valence-electron chi connectivity index (χ1n) is 9.25. The fraction of sp³-hybridized carbons (Fsp3) is 0.240. The number of hydrogen-bond donors (Lipinski definition) is 0. The minimum absolute atomic E-state index is 0. The summed E-state index contributed by atoms with van der Waals surface area (Å²) in [7, 11) is 1.95. The predicted octanol–water partition coefficient (Wildman–Crippen LogP) is 5.22. The summed E-state index contributed by atoms with van der Waals surface area (Å²) < 4.78 is 2.15. The van der Waals surface area contributed by atoms with Crippen LogP contribution in [-0.4, -0.2) is 29.3 Å². The average molecular weight is 622 g/mol. The Morgan fingerprint density at radius 2 is 1.73 bits per heavy atom. The third kappa shape index (κ3) is 12.5. The number of para-hydroxylation sites is 1. The number of benzene rings is 1. The Morgan fingerprint density at radius 1 is 1.07 bits per heavy atom. The molecule has 1 aromatic carbocycles. The minimum Gasteiger partial charge on any atom is -0.551 e. The normalized spacial score (nSPS) is 15.6. The van der Waals surface area contributed by atoms with Gasteiger partial charge in [0.1, 0.15) is 12.8 Å². The van der Waals surface area contributed by atoms with Crippen LogP contribution in [0.1, 0.15) is 25.8 Å². The molecular formula is C25H27N2Y3-3. The van der Waals surface area contributed by atoms with E-state index in [9.17, 15) is 0 Å². The number of allylic oxidation sites excluding steroid dienone is 11. The van der Waals surface area contributed by atoms with E-state index in [-0.39, 0.29) is 98.1 Å². The van der Waals surface area contributed by atoms with E-state index in [0.717, 1.165) is 30.8 Å². The quantitative estimate of drug-likeness (QED) is 0.175. The Balaban J connectivity index is 0. The van der Waals surface area contributed by atoms with E-state index < -0.39 is 0 Å². The van der Waals surface area contributed by atoms with Crippen LogP contribution in [0.4, 0.5) is 5.69 Å². The van der Waals surface area contributed by atoms with Gasteiger partial charge in [-0.15, -0.1) is 36.9 Å². The maximum Gasteiger partial charge on any atom is 0.123 e. The Morgan fingerprint density at radius 3 is 2.43 bits per heavy atom. The van der Waals surface area contributed by atoms with Crippen LogP contribution in [0.15, 0.2) is 78.6 Å². The molecular weight excluding hydrogens is 595 g/mol. The first-order chi connectivity index (χ1) is 13.2. The summed E-state index contributed by atoms with van der Waals surface area (Å²) in [6.45, 7) is 4.89. The molecule has 0 bridgehead atoms. The maximum atomic E-state index is 3.33. The molecule has 5 heteroatoms. The second-order valence-corrected chi connectivity index (χ2v) is 6.13. The second-order valence-electron chi connectivity index (χ2n) is 6.13. The molecule has 0 unspecified atom stereocenters. The van der Waals surface area contributed by atoms with Gasteiger partial charge < -0.3 is 15.6 Å². The molecule has 1 aliphatic heterocycles. The first kappa shape index (κ1) is 32.6. The molecule has 149 valence electrons. The van der Waals surface area contributed by atoms with E-state index in [1.54, 1.807) is 0 Å². The van der Waals surface area contributed by atoms with E-state index >= 15 is 0 Å². The molecule has 1 heterocycles. The zero-order valence-electron chi connectivity index (χ0n) is 18.2. The largest absolute Gasteiger partial charge is 0.551 e. The molecule has 0 aliphatic carbocycles. The van der Waals surface area contributed by atoms with Crippen LogP contribution in [0.2, 0.25) is 0 Å². The van der Waals surface area contributed by atoms with Crippen LogP contribution in [0.3, 0.4) is 0 Å². The number of rotatable bonds is 7. The van der Waals surface area contributed by atoms with Gasteiger partial charge in [0, 0.05) is 98.1 Å². The van der Waals surface area contributed by atoms with Gasteiger partial charge in [-0.05, 0) is 19.2 Å². The van der Waals surface area contributed by atoms with Crippen molar-refractivity contribution in [3.8, 4) is 0 Å². The molecule has 0 saturated carbocycles. The summed E-state index contributed by atoms with van der Waals surface area (Å²) in [6, 6.07) is 9.51. The zero-order valence-corrected chi connectivity index (χ0v) is 26.7. The SMILES string of the molecule is C[C-]=C(C)N(C)[C-]=C/C=C/C=C/C=C/C=C/[C-]=[N+]1CCCc2ccc[c-]c21.[Y].[Y].[Y]. The molecule has 0 saturated heterocycles. The van der Waals surface area contributed by atoms with Gasteiger partial charge in [0.15, 0.2) is 0 Å². The summed E-state index contributed by atoms with van der Waals surface area (Å²) in [6.07, 6.45) is 29.5. The van der Waals surface area contributed by atoms with Gasteiger partial charge in [-0.1, -0.05) is 24.6 Å². The van der Waals surface area contributed by atoms with Gasteiger partial charge in [-0.25, -0.2) is 6.92 Å². The number of hydrogen-bond acceptors (Lipinski definition) is 1. The van der Waals surface area contributed by atoms with E-state index in [0.29, 0.717) is 0 Å². The third-order valence-electron chi connectivity index (χ3n) is 4.24. The number of aryl methyl sites for hydroxylation is 1. The van der Waals surface area contributed by atoms with Gasteiger partial charge in [0.2, 0.25) is 0 Å². The Labute approximate surface area is 258 Å². The third-order valence-corrected chi connectivity index (χ3v) is 4.24. The van der Waals surface area contributed by atoms with Crippen molar-refractivity contribution in [1.29, 1.82) is 0 Å². The maximum absolute atomic E-state index is 3.33. The number of nitrogens with zero attached hydrogens (tertiary/aromatic N) is 2. The predicted molar refractivity (Wildman–Crippen MR) is 114 cm³/mol. The Kier molecular flexibility index (Phi) is 21.8. The van der Waals surface area contributed by atoms with E-state index in [2.05, 4.69) is 41.3 Å². The Bertz CT molecular complexity index is 815. The van der Waals surface area contributed by atoms with Crippen LogP contribution in [-0.2, 0) is 105 Å². The van der Waals surface area contributed by atoms with Crippen molar-refractivity contribution in [2.45, 2.75) is 26.7 Å². The zero-order chi connectivity index (χ0) is 19.3. The molecule has 3 radical (unpaired) electrons. The van der Waals surface area contributed by atoms with Crippen molar-refractivity contribution in [1.82, 2.24) is 4.90 Å².